The summed E-state index contributed by atoms with van der Waals surface area (Å²) in [4.78, 5) is 31.5. The van der Waals surface area contributed by atoms with E-state index in [4.69, 9.17) is 15.2 Å². The van der Waals surface area contributed by atoms with Crippen molar-refractivity contribution >= 4 is 34.1 Å². The zero-order chi connectivity index (χ0) is 23.3. The number of Topliss-reactive ketones (excluding diaryl/α,β-unsaturated/α-hetero) is 1. The molecule has 2 aromatic heterocycles. The number of benzene rings is 1. The van der Waals surface area contributed by atoms with E-state index in [0.717, 1.165) is 21.5 Å². The molecule has 0 saturated carbocycles. The zero-order valence-corrected chi connectivity index (χ0v) is 19.6. The Morgan fingerprint density at radius 1 is 1.33 bits per heavy atom. The minimum Gasteiger partial charge on any atom is -0.465 e. The lowest BCUT2D eigenvalue weighted by molar-refractivity contribution is -0.136. The number of imidazole rings is 1. The number of carbonyl (C=O) groups excluding carboxylic acids is 2. The van der Waals surface area contributed by atoms with Gasteiger partial charge < -0.3 is 19.8 Å². The highest BCUT2D eigenvalue weighted by Gasteiger charge is 2.45. The molecule has 7 nitrogen and oxygen atoms in total. The summed E-state index contributed by atoms with van der Waals surface area (Å²) in [6, 6.07) is 10.0. The maximum Gasteiger partial charge on any atom is 0.340 e. The molecule has 33 heavy (non-hydrogen) atoms. The fourth-order valence-corrected chi connectivity index (χ4v) is 5.67. The van der Waals surface area contributed by atoms with Gasteiger partial charge in [0.25, 0.3) is 0 Å². The van der Waals surface area contributed by atoms with Gasteiger partial charge >= 0.3 is 5.97 Å². The van der Waals surface area contributed by atoms with Crippen molar-refractivity contribution in [3.63, 3.8) is 0 Å². The second-order valence-corrected chi connectivity index (χ2v) is 10.3. The maximum atomic E-state index is 13.2. The summed E-state index contributed by atoms with van der Waals surface area (Å²) in [5.74, 6) is -0.651. The average Bonchev–Trinajstić information content (AvgIpc) is 3.39. The van der Waals surface area contributed by atoms with E-state index >= 15 is 0 Å². The van der Waals surface area contributed by atoms with Crippen LogP contribution in [0.4, 0.5) is 0 Å². The van der Waals surface area contributed by atoms with Crippen molar-refractivity contribution in [1.29, 1.82) is 0 Å². The third-order valence-corrected chi connectivity index (χ3v) is 7.16. The molecule has 0 amide bonds. The van der Waals surface area contributed by atoms with Gasteiger partial charge in [0.15, 0.2) is 5.78 Å². The van der Waals surface area contributed by atoms with Crippen molar-refractivity contribution in [3.8, 4) is 0 Å². The summed E-state index contributed by atoms with van der Waals surface area (Å²) in [7, 11) is 1.30. The van der Waals surface area contributed by atoms with Crippen LogP contribution in [0.2, 0.25) is 0 Å². The van der Waals surface area contributed by atoms with Crippen LogP contribution in [-0.4, -0.2) is 28.4 Å². The lowest BCUT2D eigenvalue weighted by atomic mass is 9.70. The van der Waals surface area contributed by atoms with Crippen LogP contribution in [0.25, 0.3) is 11.0 Å². The Bertz CT molecular complexity index is 1340. The first-order valence-corrected chi connectivity index (χ1v) is 11.6. The van der Waals surface area contributed by atoms with Crippen LogP contribution in [0.3, 0.4) is 0 Å². The fourth-order valence-electron chi connectivity index (χ4n) is 4.76. The van der Waals surface area contributed by atoms with Gasteiger partial charge in [-0.25, -0.2) is 9.78 Å². The van der Waals surface area contributed by atoms with Crippen LogP contribution in [0.5, 0.6) is 0 Å². The molecule has 1 atom stereocenters. The summed E-state index contributed by atoms with van der Waals surface area (Å²) in [5, 5.41) is 1.98. The number of carbonyl (C=O) groups is 2. The second-order valence-electron chi connectivity index (χ2n) is 9.29. The molecule has 0 bridgehead atoms. The first-order chi connectivity index (χ1) is 15.8. The summed E-state index contributed by atoms with van der Waals surface area (Å²) in [6.45, 7) is 4.69. The van der Waals surface area contributed by atoms with Crippen LogP contribution >= 0.6 is 11.3 Å². The van der Waals surface area contributed by atoms with Gasteiger partial charge in [-0.2, -0.15) is 0 Å². The van der Waals surface area contributed by atoms with E-state index in [2.05, 4.69) is 9.55 Å². The third-order valence-electron chi connectivity index (χ3n) is 6.22. The molecule has 5 rings (SSSR count). The molecule has 3 heterocycles. The molecule has 1 aliphatic heterocycles. The van der Waals surface area contributed by atoms with Gasteiger partial charge in [0, 0.05) is 23.3 Å². The van der Waals surface area contributed by atoms with Crippen molar-refractivity contribution in [3.05, 3.63) is 75.3 Å². The summed E-state index contributed by atoms with van der Waals surface area (Å²) >= 11 is 1.57. The number of thiophene rings is 1. The number of nitrogens with zero attached hydrogens (tertiary/aromatic N) is 2. The highest BCUT2D eigenvalue weighted by molar-refractivity contribution is 7.10. The van der Waals surface area contributed by atoms with E-state index in [0.29, 0.717) is 30.7 Å². The first kappa shape index (κ1) is 21.5. The van der Waals surface area contributed by atoms with Gasteiger partial charge in [0.2, 0.25) is 5.88 Å². The molecule has 1 aliphatic carbocycles. The minimum atomic E-state index is -0.602. The van der Waals surface area contributed by atoms with E-state index < -0.39 is 11.9 Å². The molecule has 1 aromatic carbocycles. The summed E-state index contributed by atoms with van der Waals surface area (Å²) in [5.41, 5.74) is 9.50. The van der Waals surface area contributed by atoms with E-state index in [-0.39, 0.29) is 22.7 Å². The van der Waals surface area contributed by atoms with E-state index in [1.807, 2.05) is 55.9 Å². The van der Waals surface area contributed by atoms with Crippen molar-refractivity contribution in [2.75, 3.05) is 7.11 Å². The van der Waals surface area contributed by atoms with Gasteiger partial charge in [0.1, 0.15) is 11.3 Å². The Morgan fingerprint density at radius 2 is 2.12 bits per heavy atom. The molecule has 0 saturated heterocycles. The van der Waals surface area contributed by atoms with Crippen LogP contribution in [0.1, 0.15) is 43.0 Å². The van der Waals surface area contributed by atoms with Crippen LogP contribution in [0, 0.1) is 5.41 Å². The van der Waals surface area contributed by atoms with Gasteiger partial charge in [-0.15, -0.1) is 11.3 Å². The van der Waals surface area contributed by atoms with E-state index in [1.165, 1.54) is 7.11 Å². The number of ether oxygens (including phenoxy) is 2. The molecular formula is C25H25N3O4S. The van der Waals surface area contributed by atoms with Crippen molar-refractivity contribution < 1.29 is 19.1 Å². The lowest BCUT2D eigenvalue weighted by Crippen LogP contribution is -2.35. The maximum absolute atomic E-state index is 13.2. The summed E-state index contributed by atoms with van der Waals surface area (Å²) < 4.78 is 12.9. The quantitative estimate of drug-likeness (QED) is 0.581. The number of rotatable bonds is 4. The van der Waals surface area contributed by atoms with E-state index in [9.17, 15) is 9.59 Å². The highest BCUT2D eigenvalue weighted by atomic mass is 32.1. The number of aromatic nitrogens is 2. The highest BCUT2D eigenvalue weighted by Crippen LogP contribution is 2.48. The predicted octanol–water partition coefficient (Wildman–Crippen LogP) is 4.25. The average molecular weight is 464 g/mol. The molecule has 0 radical (unpaired) electrons. The number of esters is 1. The van der Waals surface area contributed by atoms with Crippen molar-refractivity contribution in [2.45, 2.75) is 39.2 Å². The number of para-hydroxylation sites is 2. The number of fused-ring (bicyclic) bond motifs is 1. The van der Waals surface area contributed by atoms with Crippen molar-refractivity contribution in [1.82, 2.24) is 9.55 Å². The standard InChI is InChI=1S/C25H25N3O4S/c1-25(2)9-18(29)21-19(10-25)32-23(26)22(24(30)31-3)20(21)14-8-15(33-12-14)11-28-13-27-16-6-4-5-7-17(16)28/h4-8,12-13,20H,9-11,26H2,1-3H3/t20-/m1/s1. The van der Waals surface area contributed by atoms with E-state index in [1.54, 1.807) is 11.3 Å². The molecule has 3 aromatic rings. The Morgan fingerprint density at radius 3 is 2.91 bits per heavy atom. The SMILES string of the molecule is COC(=O)C1=C(N)OC2=C(C(=O)CC(C)(C)C2)[C@H]1c1csc(Cn2cnc3ccccc32)c1. The first-order valence-electron chi connectivity index (χ1n) is 10.8. The Balaban J connectivity index is 1.56. The Labute approximate surface area is 195 Å². The third kappa shape index (κ3) is 3.74. The molecule has 0 fully saturated rings. The number of nitrogens with two attached hydrogens (primary N) is 1. The molecule has 0 spiro atoms. The predicted molar refractivity (Wildman–Crippen MR) is 125 cm³/mol. The number of methoxy groups -OCH3 is 1. The topological polar surface area (TPSA) is 96.4 Å². The van der Waals surface area contributed by atoms with Gasteiger partial charge in [-0.3, -0.25) is 4.79 Å². The smallest absolute Gasteiger partial charge is 0.340 e. The van der Waals surface area contributed by atoms with Crippen LogP contribution in [-0.2, 0) is 25.6 Å². The summed E-state index contributed by atoms with van der Waals surface area (Å²) in [6.07, 6.45) is 2.79. The fraction of sp³-hybridized carbons (Fsp3) is 0.320. The minimum absolute atomic E-state index is 0.00412. The molecule has 8 heteroatoms. The normalized spacial score (nSPS) is 20.1. The monoisotopic (exact) mass is 463 g/mol. The number of hydrogen-bond donors (Lipinski definition) is 1. The van der Waals surface area contributed by atoms with Crippen LogP contribution in [0.15, 0.2) is 64.8 Å². The molecule has 2 aliphatic rings. The Kier molecular flexibility index (Phi) is 5.12. The van der Waals surface area contributed by atoms with Gasteiger partial charge in [-0.1, -0.05) is 26.0 Å². The largest absolute Gasteiger partial charge is 0.465 e. The number of allylic oxidation sites excluding steroid dienone is 2. The molecular weight excluding hydrogens is 438 g/mol. The van der Waals surface area contributed by atoms with Gasteiger partial charge in [0.05, 0.1) is 36.9 Å². The Hall–Kier alpha value is -3.39. The number of ketones is 1. The van der Waals surface area contributed by atoms with Crippen molar-refractivity contribution in [2.24, 2.45) is 11.1 Å². The lowest BCUT2D eigenvalue weighted by Gasteiger charge is -2.37. The molecule has 0 unspecified atom stereocenters. The molecule has 2 N–H and O–H groups in total. The van der Waals surface area contributed by atoms with Gasteiger partial charge in [-0.05, 0) is 34.6 Å². The van der Waals surface area contributed by atoms with Crippen LogP contribution < -0.4 is 5.73 Å². The zero-order valence-electron chi connectivity index (χ0n) is 18.8. The second kappa shape index (κ2) is 7.88. The number of hydrogen-bond acceptors (Lipinski definition) is 7. The molecule has 170 valence electrons.